The minimum absolute atomic E-state index is 0.0857. The lowest BCUT2D eigenvalue weighted by atomic mass is 10.1. The van der Waals surface area contributed by atoms with Crippen LogP contribution in [0.4, 0.5) is 8.78 Å². The Balaban J connectivity index is 3.43. The van der Waals surface area contributed by atoms with E-state index in [1.165, 1.54) is 0 Å². The van der Waals surface area contributed by atoms with E-state index in [2.05, 4.69) is 0 Å². The normalized spacial score (nSPS) is 11.7. The Kier molecular flexibility index (Phi) is 2.89. The summed E-state index contributed by atoms with van der Waals surface area (Å²) in [5.41, 5.74) is -0.0857. The first-order valence-electron chi connectivity index (χ1n) is 4.04. The van der Waals surface area contributed by atoms with Gasteiger partial charge >= 0.3 is 0 Å². The average Bonchev–Trinajstić information content (AvgIpc) is 2.01. The quantitative estimate of drug-likeness (QED) is 0.763. The largest absolute Gasteiger partial charge is 0.224 e. The van der Waals surface area contributed by atoms with Crippen molar-refractivity contribution in [1.82, 2.24) is 0 Å². The first-order chi connectivity index (χ1) is 6.36. The third kappa shape index (κ3) is 2.09. The fraction of sp³-hybridized carbons (Fsp3) is 0.333. The second-order valence-electron chi connectivity index (χ2n) is 2.99. The first kappa shape index (κ1) is 11.1. The van der Waals surface area contributed by atoms with Crippen LogP contribution >= 0.6 is 0 Å². The molecule has 0 aliphatic heterocycles. The molecule has 0 aliphatic rings. The summed E-state index contributed by atoms with van der Waals surface area (Å²) in [4.78, 5) is -0.329. The van der Waals surface area contributed by atoms with Crippen LogP contribution in [0.5, 0.6) is 0 Å². The predicted octanol–water partition coefficient (Wildman–Crippen LogP) is 1.93. The van der Waals surface area contributed by atoms with E-state index in [9.17, 15) is 17.2 Å². The Bertz CT molecular complexity index is 429. The molecule has 0 aliphatic carbocycles. The molecule has 0 bridgehead atoms. The van der Waals surface area contributed by atoms with Gasteiger partial charge in [-0.2, -0.15) is 0 Å². The smallest absolute Gasteiger partial charge is 0.175 e. The second kappa shape index (κ2) is 3.65. The first-order valence-corrected chi connectivity index (χ1v) is 5.93. The Labute approximate surface area is 81.5 Å². The van der Waals surface area contributed by atoms with Gasteiger partial charge in [-0.05, 0) is 18.6 Å². The van der Waals surface area contributed by atoms with Crippen LogP contribution in [-0.4, -0.2) is 14.7 Å². The zero-order valence-electron chi connectivity index (χ0n) is 7.84. The third-order valence-electron chi connectivity index (χ3n) is 1.90. The lowest BCUT2D eigenvalue weighted by Gasteiger charge is -2.04. The van der Waals surface area contributed by atoms with E-state index in [0.29, 0.717) is 0 Å². The van der Waals surface area contributed by atoms with E-state index < -0.39 is 21.5 Å². The highest BCUT2D eigenvalue weighted by atomic mass is 32.2. The van der Waals surface area contributed by atoms with Crippen LogP contribution in [0.15, 0.2) is 17.0 Å². The van der Waals surface area contributed by atoms with Gasteiger partial charge in [-0.25, -0.2) is 17.2 Å². The minimum Gasteiger partial charge on any atom is -0.224 e. The number of halogens is 2. The molecule has 0 unspecified atom stereocenters. The Morgan fingerprint density at radius 2 is 1.64 bits per heavy atom. The summed E-state index contributed by atoms with van der Waals surface area (Å²) in [6.45, 7) is 1.60. The van der Waals surface area contributed by atoms with Crippen molar-refractivity contribution < 1.29 is 17.2 Å². The number of hydrogen-bond acceptors (Lipinski definition) is 2. The Hall–Kier alpha value is -0.970. The van der Waals surface area contributed by atoms with Crippen LogP contribution in [0.3, 0.4) is 0 Å². The highest BCUT2D eigenvalue weighted by Crippen LogP contribution is 2.19. The number of hydrogen-bond donors (Lipinski definition) is 0. The van der Waals surface area contributed by atoms with Gasteiger partial charge in [0, 0.05) is 11.8 Å². The maximum absolute atomic E-state index is 13.1. The number of sulfone groups is 1. The standard InChI is InChI=1S/C9H10F2O2S/c1-3-7-8(10)4-6(5-9(7)11)14(2,12)13/h4-5H,3H2,1-2H3. The molecule has 0 fully saturated rings. The molecule has 0 atom stereocenters. The molecule has 78 valence electrons. The van der Waals surface area contributed by atoms with Gasteiger partial charge in [0.1, 0.15) is 11.6 Å². The summed E-state index contributed by atoms with van der Waals surface area (Å²) >= 11 is 0. The molecular weight excluding hydrogens is 210 g/mol. The molecular formula is C9H10F2O2S. The second-order valence-corrected chi connectivity index (χ2v) is 5.01. The summed E-state index contributed by atoms with van der Waals surface area (Å²) in [5, 5.41) is 0. The van der Waals surface area contributed by atoms with Gasteiger partial charge in [0.2, 0.25) is 0 Å². The lowest BCUT2D eigenvalue weighted by molar-refractivity contribution is 0.548. The molecule has 1 rings (SSSR count). The topological polar surface area (TPSA) is 34.1 Å². The van der Waals surface area contributed by atoms with E-state index in [0.717, 1.165) is 18.4 Å². The Morgan fingerprint density at radius 1 is 1.21 bits per heavy atom. The molecule has 0 N–H and O–H groups in total. The molecule has 0 amide bonds. The number of rotatable bonds is 2. The van der Waals surface area contributed by atoms with Crippen molar-refractivity contribution in [2.75, 3.05) is 6.26 Å². The van der Waals surface area contributed by atoms with Gasteiger partial charge in [-0.1, -0.05) is 6.92 Å². The maximum Gasteiger partial charge on any atom is 0.175 e. The lowest BCUT2D eigenvalue weighted by Crippen LogP contribution is -2.02. The van der Waals surface area contributed by atoms with E-state index in [-0.39, 0.29) is 16.9 Å². The van der Waals surface area contributed by atoms with Crippen molar-refractivity contribution in [1.29, 1.82) is 0 Å². The van der Waals surface area contributed by atoms with Crippen molar-refractivity contribution in [3.63, 3.8) is 0 Å². The van der Waals surface area contributed by atoms with Crippen molar-refractivity contribution in [3.8, 4) is 0 Å². The van der Waals surface area contributed by atoms with E-state index in [1.807, 2.05) is 0 Å². The van der Waals surface area contributed by atoms with Crippen LogP contribution in [0.25, 0.3) is 0 Å². The van der Waals surface area contributed by atoms with E-state index in [1.54, 1.807) is 6.92 Å². The highest BCUT2D eigenvalue weighted by molar-refractivity contribution is 7.90. The molecule has 0 heterocycles. The van der Waals surface area contributed by atoms with Crippen LogP contribution in [0, 0.1) is 11.6 Å². The molecule has 0 aromatic heterocycles. The van der Waals surface area contributed by atoms with Crippen molar-refractivity contribution >= 4 is 9.84 Å². The third-order valence-corrected chi connectivity index (χ3v) is 2.99. The average molecular weight is 220 g/mol. The van der Waals surface area contributed by atoms with Crippen LogP contribution in [0.1, 0.15) is 12.5 Å². The van der Waals surface area contributed by atoms with Gasteiger partial charge < -0.3 is 0 Å². The van der Waals surface area contributed by atoms with Crippen molar-refractivity contribution in [3.05, 3.63) is 29.3 Å². The van der Waals surface area contributed by atoms with Gasteiger partial charge in [-0.3, -0.25) is 0 Å². The van der Waals surface area contributed by atoms with Gasteiger partial charge in [0.15, 0.2) is 9.84 Å². The molecule has 14 heavy (non-hydrogen) atoms. The maximum atomic E-state index is 13.1. The van der Waals surface area contributed by atoms with Crippen molar-refractivity contribution in [2.45, 2.75) is 18.2 Å². The predicted molar refractivity (Wildman–Crippen MR) is 48.8 cm³/mol. The molecule has 0 saturated carbocycles. The number of benzene rings is 1. The van der Waals surface area contributed by atoms with Crippen LogP contribution in [-0.2, 0) is 16.3 Å². The Morgan fingerprint density at radius 3 is 1.93 bits per heavy atom. The van der Waals surface area contributed by atoms with Gasteiger partial charge in [-0.15, -0.1) is 0 Å². The fourth-order valence-electron chi connectivity index (χ4n) is 1.13. The summed E-state index contributed by atoms with van der Waals surface area (Å²) in [6, 6.07) is 1.69. The molecule has 2 nitrogen and oxygen atoms in total. The molecule has 5 heteroatoms. The van der Waals surface area contributed by atoms with E-state index in [4.69, 9.17) is 0 Å². The molecule has 1 aromatic rings. The monoisotopic (exact) mass is 220 g/mol. The summed E-state index contributed by atoms with van der Waals surface area (Å²) in [5.74, 6) is -1.62. The van der Waals surface area contributed by atoms with Crippen molar-refractivity contribution in [2.24, 2.45) is 0 Å². The molecule has 0 spiro atoms. The summed E-state index contributed by atoms with van der Waals surface area (Å²) in [6.07, 6.45) is 1.11. The van der Waals surface area contributed by atoms with Crippen LogP contribution < -0.4 is 0 Å². The SMILES string of the molecule is CCc1c(F)cc(S(C)(=O)=O)cc1F. The summed E-state index contributed by atoms with van der Waals surface area (Å²) in [7, 11) is -3.55. The molecule has 1 aromatic carbocycles. The molecule has 0 saturated heterocycles. The van der Waals surface area contributed by atoms with Gasteiger partial charge in [0.25, 0.3) is 0 Å². The highest BCUT2D eigenvalue weighted by Gasteiger charge is 2.14. The van der Waals surface area contributed by atoms with E-state index >= 15 is 0 Å². The minimum atomic E-state index is -3.55. The van der Waals surface area contributed by atoms with Gasteiger partial charge in [0.05, 0.1) is 4.90 Å². The zero-order chi connectivity index (χ0) is 10.9. The zero-order valence-corrected chi connectivity index (χ0v) is 8.66. The summed E-state index contributed by atoms with van der Waals surface area (Å²) < 4.78 is 48.3. The van der Waals surface area contributed by atoms with Crippen LogP contribution in [0.2, 0.25) is 0 Å². The molecule has 0 radical (unpaired) electrons. The fourth-order valence-corrected chi connectivity index (χ4v) is 1.77.